The molecule has 1 aromatic carbocycles. The summed E-state index contributed by atoms with van der Waals surface area (Å²) in [6, 6.07) is 4.75. The molecule has 1 aliphatic rings. The molecule has 0 bridgehead atoms. The van der Waals surface area contributed by atoms with Crippen molar-refractivity contribution >= 4 is 29.1 Å². The lowest BCUT2D eigenvalue weighted by Crippen LogP contribution is -2.45. The number of carbonyl (C=O) groups is 1. The molecule has 0 atom stereocenters. The summed E-state index contributed by atoms with van der Waals surface area (Å²) in [6.07, 6.45) is 3.44. The molecule has 5 heteroatoms. The van der Waals surface area contributed by atoms with Crippen molar-refractivity contribution < 1.29 is 9.90 Å². The third-order valence-electron chi connectivity index (χ3n) is 3.96. The fraction of sp³-hybridized carbons (Fsp3) is 0.533. The van der Waals surface area contributed by atoms with Gasteiger partial charge in [0.1, 0.15) is 0 Å². The molecular formula is C15H19Cl2NO2. The molecule has 1 amide bonds. The van der Waals surface area contributed by atoms with E-state index in [0.717, 1.165) is 25.7 Å². The van der Waals surface area contributed by atoms with Gasteiger partial charge in [0.2, 0.25) is 0 Å². The number of rotatable bonds is 3. The van der Waals surface area contributed by atoms with Gasteiger partial charge in [0.05, 0.1) is 16.2 Å². The highest BCUT2D eigenvalue weighted by Crippen LogP contribution is 2.31. The van der Waals surface area contributed by atoms with E-state index in [0.29, 0.717) is 21.5 Å². The quantitative estimate of drug-likeness (QED) is 0.894. The van der Waals surface area contributed by atoms with Gasteiger partial charge in [-0.1, -0.05) is 30.1 Å². The lowest BCUT2D eigenvalue weighted by Gasteiger charge is -2.34. The first-order chi connectivity index (χ1) is 9.39. The zero-order valence-corrected chi connectivity index (χ0v) is 13.0. The number of hydrogen-bond donors (Lipinski definition) is 2. The van der Waals surface area contributed by atoms with Crippen LogP contribution < -0.4 is 5.32 Å². The minimum atomic E-state index is -0.791. The number of hydrogen-bond acceptors (Lipinski definition) is 2. The molecule has 1 aromatic rings. The normalized spacial score (nSPS) is 26.3. The largest absolute Gasteiger partial charge is 0.388 e. The minimum absolute atomic E-state index is 0.261. The molecule has 0 saturated heterocycles. The minimum Gasteiger partial charge on any atom is -0.388 e. The van der Waals surface area contributed by atoms with E-state index in [9.17, 15) is 9.90 Å². The van der Waals surface area contributed by atoms with Gasteiger partial charge in [-0.2, -0.15) is 0 Å². The van der Waals surface area contributed by atoms with Gasteiger partial charge in [0.15, 0.2) is 0 Å². The summed E-state index contributed by atoms with van der Waals surface area (Å²) in [7, 11) is 0. The first kappa shape index (κ1) is 15.6. The van der Waals surface area contributed by atoms with E-state index in [1.165, 1.54) is 6.07 Å². The number of amides is 1. The smallest absolute Gasteiger partial charge is 0.252 e. The van der Waals surface area contributed by atoms with Gasteiger partial charge >= 0.3 is 0 Å². The maximum Gasteiger partial charge on any atom is 0.252 e. The molecule has 2 N–H and O–H groups in total. The van der Waals surface area contributed by atoms with E-state index in [1.807, 2.05) is 0 Å². The predicted octanol–water partition coefficient (Wildman–Crippen LogP) is 3.66. The van der Waals surface area contributed by atoms with Crippen molar-refractivity contribution in [3.63, 3.8) is 0 Å². The Morgan fingerprint density at radius 2 is 2.05 bits per heavy atom. The Morgan fingerprint density at radius 3 is 2.65 bits per heavy atom. The fourth-order valence-electron chi connectivity index (χ4n) is 2.49. The van der Waals surface area contributed by atoms with E-state index in [-0.39, 0.29) is 12.5 Å². The van der Waals surface area contributed by atoms with Crippen molar-refractivity contribution in [3.8, 4) is 0 Å². The van der Waals surface area contributed by atoms with Crippen molar-refractivity contribution in [2.45, 2.75) is 38.2 Å². The Hall–Kier alpha value is -0.770. The Morgan fingerprint density at radius 1 is 1.40 bits per heavy atom. The molecule has 0 heterocycles. The summed E-state index contributed by atoms with van der Waals surface area (Å²) < 4.78 is 0. The van der Waals surface area contributed by atoms with Crippen LogP contribution in [0.15, 0.2) is 18.2 Å². The summed E-state index contributed by atoms with van der Waals surface area (Å²) in [6.45, 7) is 2.45. The van der Waals surface area contributed by atoms with Crippen LogP contribution in [0.1, 0.15) is 43.0 Å². The Balaban J connectivity index is 1.95. The van der Waals surface area contributed by atoms with Crippen LogP contribution in [0.4, 0.5) is 0 Å². The number of nitrogens with one attached hydrogen (secondary N) is 1. The summed E-state index contributed by atoms with van der Waals surface area (Å²) >= 11 is 11.8. The van der Waals surface area contributed by atoms with Crippen molar-refractivity contribution in [2.24, 2.45) is 5.92 Å². The molecule has 0 aromatic heterocycles. The summed E-state index contributed by atoms with van der Waals surface area (Å²) in [5, 5.41) is 14.0. The lowest BCUT2D eigenvalue weighted by atomic mass is 9.79. The average molecular weight is 316 g/mol. The molecule has 110 valence electrons. The Labute approximate surface area is 129 Å². The second-order valence-electron chi connectivity index (χ2n) is 5.71. The molecule has 2 rings (SSSR count). The summed E-state index contributed by atoms with van der Waals surface area (Å²) in [5.41, 5.74) is -0.412. The molecule has 0 spiro atoms. The van der Waals surface area contributed by atoms with Crippen LogP contribution in [-0.2, 0) is 0 Å². The van der Waals surface area contributed by atoms with Gasteiger partial charge in [-0.15, -0.1) is 0 Å². The monoisotopic (exact) mass is 315 g/mol. The first-order valence-electron chi connectivity index (χ1n) is 6.85. The standard InChI is InChI=1S/C15H19Cl2NO2/c1-10-4-6-15(20,7-5-10)9-18-14(19)12-3-2-11(16)8-13(12)17/h2-3,8,10,20H,4-7,9H2,1H3,(H,18,19). The predicted molar refractivity (Wildman–Crippen MR) is 81.4 cm³/mol. The molecule has 0 aliphatic heterocycles. The molecule has 0 unspecified atom stereocenters. The van der Waals surface area contributed by atoms with Crippen LogP contribution in [-0.4, -0.2) is 23.2 Å². The van der Waals surface area contributed by atoms with E-state index in [4.69, 9.17) is 23.2 Å². The van der Waals surface area contributed by atoms with Crippen molar-refractivity contribution in [3.05, 3.63) is 33.8 Å². The SMILES string of the molecule is CC1CCC(O)(CNC(=O)c2ccc(Cl)cc2Cl)CC1. The van der Waals surface area contributed by atoms with Crippen LogP contribution in [0, 0.1) is 5.92 Å². The highest BCUT2D eigenvalue weighted by atomic mass is 35.5. The van der Waals surface area contributed by atoms with Crippen LogP contribution in [0.2, 0.25) is 10.0 Å². The van der Waals surface area contributed by atoms with Crippen LogP contribution in [0.25, 0.3) is 0 Å². The highest BCUT2D eigenvalue weighted by Gasteiger charge is 2.32. The number of aliphatic hydroxyl groups is 1. The van der Waals surface area contributed by atoms with Gasteiger partial charge in [-0.3, -0.25) is 4.79 Å². The molecule has 1 saturated carbocycles. The maximum absolute atomic E-state index is 12.1. The highest BCUT2D eigenvalue weighted by molar-refractivity contribution is 6.36. The van der Waals surface area contributed by atoms with Gasteiger partial charge in [0.25, 0.3) is 5.91 Å². The van der Waals surface area contributed by atoms with E-state index in [1.54, 1.807) is 12.1 Å². The van der Waals surface area contributed by atoms with Gasteiger partial charge < -0.3 is 10.4 Å². The second-order valence-corrected chi connectivity index (χ2v) is 6.56. The van der Waals surface area contributed by atoms with Crippen molar-refractivity contribution in [1.82, 2.24) is 5.32 Å². The molecule has 0 radical (unpaired) electrons. The van der Waals surface area contributed by atoms with Gasteiger partial charge in [-0.05, 0) is 49.8 Å². The van der Waals surface area contributed by atoms with Gasteiger partial charge in [0, 0.05) is 11.6 Å². The first-order valence-corrected chi connectivity index (χ1v) is 7.61. The fourth-order valence-corrected chi connectivity index (χ4v) is 2.98. The zero-order valence-electron chi connectivity index (χ0n) is 11.5. The second kappa shape index (κ2) is 6.33. The van der Waals surface area contributed by atoms with Gasteiger partial charge in [-0.25, -0.2) is 0 Å². The summed E-state index contributed by atoms with van der Waals surface area (Å²) in [5.74, 6) is 0.371. The third kappa shape index (κ3) is 3.87. The molecule has 20 heavy (non-hydrogen) atoms. The topological polar surface area (TPSA) is 49.3 Å². The lowest BCUT2D eigenvalue weighted by molar-refractivity contribution is -0.00539. The van der Waals surface area contributed by atoms with Crippen molar-refractivity contribution in [2.75, 3.05) is 6.54 Å². The van der Waals surface area contributed by atoms with Crippen LogP contribution in [0.5, 0.6) is 0 Å². The number of halogens is 2. The van der Waals surface area contributed by atoms with Crippen LogP contribution >= 0.6 is 23.2 Å². The van der Waals surface area contributed by atoms with Crippen molar-refractivity contribution in [1.29, 1.82) is 0 Å². The number of carbonyl (C=O) groups excluding carboxylic acids is 1. The van der Waals surface area contributed by atoms with E-state index < -0.39 is 5.60 Å². The molecule has 3 nitrogen and oxygen atoms in total. The van der Waals surface area contributed by atoms with Crippen LogP contribution in [0.3, 0.4) is 0 Å². The third-order valence-corrected chi connectivity index (χ3v) is 4.51. The molecule has 1 fully saturated rings. The zero-order chi connectivity index (χ0) is 14.8. The van der Waals surface area contributed by atoms with E-state index >= 15 is 0 Å². The Bertz CT molecular complexity index is 497. The average Bonchev–Trinajstić information content (AvgIpc) is 2.40. The molecule has 1 aliphatic carbocycles. The molecular weight excluding hydrogens is 297 g/mol. The Kier molecular flexibility index (Phi) is 4.95. The summed E-state index contributed by atoms with van der Waals surface area (Å²) in [4.78, 5) is 12.1. The van der Waals surface area contributed by atoms with E-state index in [2.05, 4.69) is 12.2 Å². The number of benzene rings is 1. The maximum atomic E-state index is 12.1.